The monoisotopic (exact) mass is 321 g/mol. The third kappa shape index (κ3) is 5.10. The number of carbonyl (C=O) groups is 1. The van der Waals surface area contributed by atoms with Gasteiger partial charge in [-0.25, -0.2) is 8.78 Å². The molecular formula is C12H14BrF2NO2. The van der Waals surface area contributed by atoms with Crippen molar-refractivity contribution in [2.45, 2.75) is 12.8 Å². The van der Waals surface area contributed by atoms with Crippen LogP contribution < -0.4 is 0 Å². The second-order valence-electron chi connectivity index (χ2n) is 3.76. The number of carbonyl (C=O) groups excluding carboxylic acids is 1. The maximum atomic E-state index is 12.3. The van der Waals surface area contributed by atoms with E-state index in [-0.39, 0.29) is 19.6 Å². The Hall–Kier alpha value is -1.01. The van der Waals surface area contributed by atoms with E-state index in [9.17, 15) is 13.6 Å². The number of halogens is 3. The van der Waals surface area contributed by atoms with Gasteiger partial charge in [0.25, 0.3) is 6.43 Å². The Labute approximate surface area is 113 Å². The van der Waals surface area contributed by atoms with Gasteiger partial charge in [0.1, 0.15) is 0 Å². The predicted octanol–water partition coefficient (Wildman–Crippen LogP) is 2.08. The van der Waals surface area contributed by atoms with Gasteiger partial charge in [-0.3, -0.25) is 4.79 Å². The van der Waals surface area contributed by atoms with Crippen molar-refractivity contribution in [1.29, 1.82) is 0 Å². The number of nitrogens with zero attached hydrogens (tertiary/aromatic N) is 1. The molecule has 0 aliphatic carbocycles. The molecule has 0 aliphatic heterocycles. The van der Waals surface area contributed by atoms with Crippen molar-refractivity contribution < 1.29 is 18.7 Å². The number of aliphatic hydroxyl groups is 1. The maximum absolute atomic E-state index is 12.3. The lowest BCUT2D eigenvalue weighted by molar-refractivity contribution is -0.133. The normalized spacial score (nSPS) is 10.7. The van der Waals surface area contributed by atoms with Crippen LogP contribution in [0.25, 0.3) is 0 Å². The van der Waals surface area contributed by atoms with Crippen LogP contribution in [0.1, 0.15) is 5.56 Å². The molecule has 0 heterocycles. The first-order chi connectivity index (χ1) is 8.52. The lowest BCUT2D eigenvalue weighted by atomic mass is 10.1. The summed E-state index contributed by atoms with van der Waals surface area (Å²) in [5.41, 5.74) is 0.742. The zero-order valence-electron chi connectivity index (χ0n) is 9.65. The molecule has 1 aromatic rings. The van der Waals surface area contributed by atoms with Crippen molar-refractivity contribution in [3.63, 3.8) is 0 Å². The van der Waals surface area contributed by atoms with Crippen LogP contribution in [-0.4, -0.2) is 42.0 Å². The average molecular weight is 322 g/mol. The Morgan fingerprint density at radius 1 is 1.44 bits per heavy atom. The second-order valence-corrected chi connectivity index (χ2v) is 4.68. The van der Waals surface area contributed by atoms with Gasteiger partial charge in [-0.1, -0.05) is 28.1 Å². The van der Waals surface area contributed by atoms with E-state index in [1.54, 1.807) is 18.2 Å². The zero-order chi connectivity index (χ0) is 13.5. The molecule has 0 atom stereocenters. The van der Waals surface area contributed by atoms with Crippen LogP contribution in [0, 0.1) is 0 Å². The van der Waals surface area contributed by atoms with Gasteiger partial charge in [0.05, 0.1) is 19.6 Å². The number of hydrogen-bond acceptors (Lipinski definition) is 2. The summed E-state index contributed by atoms with van der Waals surface area (Å²) in [6, 6.07) is 7.11. The zero-order valence-corrected chi connectivity index (χ0v) is 11.2. The van der Waals surface area contributed by atoms with Crippen molar-refractivity contribution in [2.75, 3.05) is 19.7 Å². The highest BCUT2D eigenvalue weighted by molar-refractivity contribution is 9.10. The van der Waals surface area contributed by atoms with E-state index in [2.05, 4.69) is 15.9 Å². The number of rotatable bonds is 6. The number of aliphatic hydroxyl groups excluding tert-OH is 1. The van der Waals surface area contributed by atoms with Gasteiger partial charge in [-0.05, 0) is 17.7 Å². The first-order valence-corrected chi connectivity index (χ1v) is 6.23. The Balaban J connectivity index is 2.66. The highest BCUT2D eigenvalue weighted by Crippen LogP contribution is 2.13. The summed E-state index contributed by atoms with van der Waals surface area (Å²) in [6.45, 7) is -1.04. The molecule has 1 N–H and O–H groups in total. The van der Waals surface area contributed by atoms with Gasteiger partial charge in [-0.2, -0.15) is 0 Å². The highest BCUT2D eigenvalue weighted by Gasteiger charge is 2.17. The van der Waals surface area contributed by atoms with Crippen LogP contribution in [0.5, 0.6) is 0 Å². The number of alkyl halides is 2. The second kappa shape index (κ2) is 7.43. The van der Waals surface area contributed by atoms with Crippen LogP contribution in [0.4, 0.5) is 8.78 Å². The molecule has 1 rings (SSSR count). The van der Waals surface area contributed by atoms with E-state index in [1.165, 1.54) is 0 Å². The van der Waals surface area contributed by atoms with E-state index >= 15 is 0 Å². The third-order valence-corrected chi connectivity index (χ3v) is 2.82. The van der Waals surface area contributed by atoms with Gasteiger partial charge in [0, 0.05) is 11.0 Å². The maximum Gasteiger partial charge on any atom is 0.255 e. The molecule has 0 radical (unpaired) electrons. The molecule has 0 saturated carbocycles. The Kier molecular flexibility index (Phi) is 6.21. The van der Waals surface area contributed by atoms with Crippen LogP contribution in [0.3, 0.4) is 0 Å². The number of benzene rings is 1. The predicted molar refractivity (Wildman–Crippen MR) is 67.5 cm³/mol. The van der Waals surface area contributed by atoms with Crippen molar-refractivity contribution in [3.8, 4) is 0 Å². The largest absolute Gasteiger partial charge is 0.395 e. The summed E-state index contributed by atoms with van der Waals surface area (Å²) in [4.78, 5) is 12.8. The molecular weight excluding hydrogens is 308 g/mol. The minimum Gasteiger partial charge on any atom is -0.395 e. The molecule has 0 unspecified atom stereocenters. The van der Waals surface area contributed by atoms with Crippen molar-refractivity contribution >= 4 is 21.8 Å². The van der Waals surface area contributed by atoms with Gasteiger partial charge < -0.3 is 10.0 Å². The van der Waals surface area contributed by atoms with Gasteiger partial charge >= 0.3 is 0 Å². The fraction of sp³-hybridized carbons (Fsp3) is 0.417. The third-order valence-electron chi connectivity index (χ3n) is 2.33. The molecule has 0 aliphatic rings. The molecule has 100 valence electrons. The Morgan fingerprint density at radius 3 is 2.72 bits per heavy atom. The molecule has 18 heavy (non-hydrogen) atoms. The summed E-state index contributed by atoms with van der Waals surface area (Å²) in [7, 11) is 0. The van der Waals surface area contributed by atoms with E-state index in [1.807, 2.05) is 6.07 Å². The summed E-state index contributed by atoms with van der Waals surface area (Å²) in [6.07, 6.45) is -2.55. The summed E-state index contributed by atoms with van der Waals surface area (Å²) >= 11 is 3.28. The molecule has 3 nitrogen and oxygen atoms in total. The molecule has 1 aromatic carbocycles. The molecule has 0 aromatic heterocycles. The smallest absolute Gasteiger partial charge is 0.255 e. The van der Waals surface area contributed by atoms with Crippen LogP contribution in [0.2, 0.25) is 0 Å². The topological polar surface area (TPSA) is 40.5 Å². The standard InChI is InChI=1S/C12H14BrF2NO2/c13-10-3-1-2-9(6-10)7-12(18)16(4-5-17)8-11(14)15/h1-3,6,11,17H,4-5,7-8H2. The fourth-order valence-electron chi connectivity index (χ4n) is 1.54. The molecule has 0 fully saturated rings. The van der Waals surface area contributed by atoms with Crippen molar-refractivity contribution in [1.82, 2.24) is 4.90 Å². The minimum absolute atomic E-state index is 0.0478. The van der Waals surface area contributed by atoms with Crippen LogP contribution in [-0.2, 0) is 11.2 Å². The van der Waals surface area contributed by atoms with Gasteiger partial charge in [-0.15, -0.1) is 0 Å². The van der Waals surface area contributed by atoms with Crippen molar-refractivity contribution in [2.24, 2.45) is 0 Å². The highest BCUT2D eigenvalue weighted by atomic mass is 79.9. The first-order valence-electron chi connectivity index (χ1n) is 5.44. The summed E-state index contributed by atoms with van der Waals surface area (Å²) in [5, 5.41) is 8.76. The lowest BCUT2D eigenvalue weighted by Gasteiger charge is -2.21. The van der Waals surface area contributed by atoms with Crippen molar-refractivity contribution in [3.05, 3.63) is 34.3 Å². The Morgan fingerprint density at radius 2 is 2.17 bits per heavy atom. The molecule has 0 saturated heterocycles. The minimum atomic E-state index is -2.59. The summed E-state index contributed by atoms with van der Waals surface area (Å²) < 4.78 is 25.4. The summed E-state index contributed by atoms with van der Waals surface area (Å²) in [5.74, 6) is -0.414. The van der Waals surface area contributed by atoms with Gasteiger partial charge in [0.2, 0.25) is 5.91 Å². The van der Waals surface area contributed by atoms with Crippen LogP contribution in [0.15, 0.2) is 28.7 Å². The fourth-order valence-corrected chi connectivity index (χ4v) is 1.99. The van der Waals surface area contributed by atoms with Gasteiger partial charge in [0.15, 0.2) is 0 Å². The Bertz CT molecular complexity index is 401. The van der Waals surface area contributed by atoms with E-state index in [0.29, 0.717) is 0 Å². The van der Waals surface area contributed by atoms with E-state index in [0.717, 1.165) is 14.9 Å². The first kappa shape index (κ1) is 15.0. The molecule has 0 spiro atoms. The van der Waals surface area contributed by atoms with E-state index < -0.39 is 18.9 Å². The number of amides is 1. The lowest BCUT2D eigenvalue weighted by Crippen LogP contribution is -2.38. The number of hydrogen-bond donors (Lipinski definition) is 1. The SMILES string of the molecule is O=C(Cc1cccc(Br)c1)N(CCO)CC(F)F. The quantitative estimate of drug-likeness (QED) is 0.871. The molecule has 1 amide bonds. The van der Waals surface area contributed by atoms with E-state index in [4.69, 9.17) is 5.11 Å². The molecule has 6 heteroatoms. The molecule has 0 bridgehead atoms. The van der Waals surface area contributed by atoms with Crippen LogP contribution >= 0.6 is 15.9 Å². The average Bonchev–Trinajstić information content (AvgIpc) is 2.27.